The Morgan fingerprint density at radius 2 is 2.08 bits per heavy atom. The Kier molecular flexibility index (Phi) is 4.82. The Morgan fingerprint density at radius 1 is 1.28 bits per heavy atom. The lowest BCUT2D eigenvalue weighted by molar-refractivity contribution is 0.102. The van der Waals surface area contributed by atoms with Crippen molar-refractivity contribution in [3.63, 3.8) is 0 Å². The monoisotopic (exact) mass is 350 g/mol. The van der Waals surface area contributed by atoms with Crippen molar-refractivity contribution >= 4 is 23.2 Å². The Hall–Kier alpha value is -3.10. The third kappa shape index (κ3) is 3.54. The molecule has 25 heavy (non-hydrogen) atoms. The summed E-state index contributed by atoms with van der Waals surface area (Å²) in [6, 6.07) is 16.1. The molecule has 0 fully saturated rings. The first-order valence-corrected chi connectivity index (χ1v) is 8.14. The van der Waals surface area contributed by atoms with E-state index in [1.807, 2.05) is 19.1 Å². The summed E-state index contributed by atoms with van der Waals surface area (Å²) in [5, 5.41) is 16.7. The highest BCUT2D eigenvalue weighted by Crippen LogP contribution is 2.20. The molecule has 0 radical (unpaired) electrons. The number of amides is 1. The zero-order valence-electron chi connectivity index (χ0n) is 13.5. The number of halogens is 1. The van der Waals surface area contributed by atoms with Crippen molar-refractivity contribution in [2.24, 2.45) is 0 Å². The highest BCUT2D eigenvalue weighted by molar-refractivity contribution is 6.30. The van der Waals surface area contributed by atoms with E-state index in [0.717, 1.165) is 11.4 Å². The molecule has 3 rings (SSSR count). The van der Waals surface area contributed by atoms with Crippen LogP contribution in [0.3, 0.4) is 0 Å². The molecule has 0 aliphatic rings. The van der Waals surface area contributed by atoms with Gasteiger partial charge in [0, 0.05) is 10.7 Å². The number of carbonyl (C=O) groups excluding carboxylic acids is 1. The Balaban J connectivity index is 1.92. The van der Waals surface area contributed by atoms with Crippen LogP contribution in [-0.2, 0) is 6.42 Å². The molecular weight excluding hydrogens is 336 g/mol. The van der Waals surface area contributed by atoms with Crippen LogP contribution in [0.5, 0.6) is 0 Å². The molecule has 3 aromatic rings. The van der Waals surface area contributed by atoms with Gasteiger partial charge in [0.25, 0.3) is 5.91 Å². The molecule has 1 N–H and O–H groups in total. The minimum absolute atomic E-state index is 0.264. The van der Waals surface area contributed by atoms with Gasteiger partial charge in [0.15, 0.2) is 0 Å². The summed E-state index contributed by atoms with van der Waals surface area (Å²) in [6.45, 7) is 1.96. The van der Waals surface area contributed by atoms with Crippen LogP contribution < -0.4 is 5.32 Å². The minimum Gasteiger partial charge on any atom is -0.322 e. The van der Waals surface area contributed by atoms with Gasteiger partial charge in [0.1, 0.15) is 0 Å². The highest BCUT2D eigenvalue weighted by atomic mass is 35.5. The van der Waals surface area contributed by atoms with Crippen LogP contribution in [0, 0.1) is 11.3 Å². The quantitative estimate of drug-likeness (QED) is 0.766. The topological polar surface area (TPSA) is 70.7 Å². The van der Waals surface area contributed by atoms with Gasteiger partial charge in [-0.2, -0.15) is 10.4 Å². The fraction of sp³-hybridized carbons (Fsp3) is 0.105. The number of nitriles is 1. The molecule has 6 heteroatoms. The second-order valence-corrected chi connectivity index (χ2v) is 5.83. The fourth-order valence-corrected chi connectivity index (χ4v) is 2.78. The third-order valence-electron chi connectivity index (χ3n) is 3.75. The van der Waals surface area contributed by atoms with Gasteiger partial charge in [-0.3, -0.25) is 4.79 Å². The van der Waals surface area contributed by atoms with E-state index in [-0.39, 0.29) is 5.91 Å². The average Bonchev–Trinajstić information content (AvgIpc) is 3.06. The van der Waals surface area contributed by atoms with E-state index < -0.39 is 0 Å². The summed E-state index contributed by atoms with van der Waals surface area (Å²) >= 11 is 6.05. The average molecular weight is 351 g/mol. The van der Waals surface area contributed by atoms with E-state index in [0.29, 0.717) is 28.3 Å². The van der Waals surface area contributed by atoms with Gasteiger partial charge in [0.05, 0.1) is 34.8 Å². The predicted molar refractivity (Wildman–Crippen MR) is 97.1 cm³/mol. The smallest absolute Gasteiger partial charge is 0.259 e. The van der Waals surface area contributed by atoms with Crippen LogP contribution in [0.15, 0.2) is 54.7 Å². The maximum absolute atomic E-state index is 12.6. The van der Waals surface area contributed by atoms with Gasteiger partial charge in [-0.25, -0.2) is 4.68 Å². The SMILES string of the molecule is CCc1c(C(=O)Nc2cccc(C#N)c2)cnn1-c1cccc(Cl)c1. The zero-order valence-corrected chi connectivity index (χ0v) is 14.3. The molecule has 0 atom stereocenters. The number of nitrogens with zero attached hydrogens (tertiary/aromatic N) is 3. The molecule has 1 amide bonds. The molecule has 1 heterocycles. The summed E-state index contributed by atoms with van der Waals surface area (Å²) < 4.78 is 1.71. The zero-order chi connectivity index (χ0) is 17.8. The van der Waals surface area contributed by atoms with Crippen LogP contribution in [0.2, 0.25) is 5.02 Å². The lowest BCUT2D eigenvalue weighted by Gasteiger charge is -2.09. The van der Waals surface area contributed by atoms with E-state index in [1.165, 1.54) is 0 Å². The molecule has 0 aliphatic heterocycles. The van der Waals surface area contributed by atoms with Gasteiger partial charge in [-0.05, 0) is 42.8 Å². The molecule has 0 unspecified atom stereocenters. The largest absolute Gasteiger partial charge is 0.322 e. The maximum atomic E-state index is 12.6. The number of nitrogens with one attached hydrogen (secondary N) is 1. The van der Waals surface area contributed by atoms with Crippen molar-refractivity contribution in [1.82, 2.24) is 9.78 Å². The van der Waals surface area contributed by atoms with Crippen LogP contribution in [0.1, 0.15) is 28.5 Å². The van der Waals surface area contributed by atoms with Crippen LogP contribution in [0.4, 0.5) is 5.69 Å². The van der Waals surface area contributed by atoms with Crippen molar-refractivity contribution in [3.8, 4) is 11.8 Å². The molecule has 124 valence electrons. The Bertz CT molecular complexity index is 972. The van der Waals surface area contributed by atoms with Gasteiger partial charge >= 0.3 is 0 Å². The van der Waals surface area contributed by atoms with Crippen molar-refractivity contribution in [2.45, 2.75) is 13.3 Å². The maximum Gasteiger partial charge on any atom is 0.259 e. The number of anilines is 1. The number of benzene rings is 2. The Labute approximate surface area is 150 Å². The fourth-order valence-electron chi connectivity index (χ4n) is 2.60. The first-order valence-electron chi connectivity index (χ1n) is 7.76. The van der Waals surface area contributed by atoms with Crippen molar-refractivity contribution in [3.05, 3.63) is 76.6 Å². The van der Waals surface area contributed by atoms with Crippen LogP contribution in [-0.4, -0.2) is 15.7 Å². The van der Waals surface area contributed by atoms with Gasteiger partial charge < -0.3 is 5.32 Å². The molecule has 2 aromatic carbocycles. The Morgan fingerprint density at radius 3 is 2.80 bits per heavy atom. The molecule has 0 spiro atoms. The number of carbonyl (C=O) groups is 1. The van der Waals surface area contributed by atoms with Crippen LogP contribution >= 0.6 is 11.6 Å². The standard InChI is InChI=1S/C19H15ClN4O/c1-2-18-17(12-22-24(18)16-8-4-6-14(20)10-16)19(25)23-15-7-3-5-13(9-15)11-21/h3-10,12H,2H2,1H3,(H,23,25). The number of hydrogen-bond donors (Lipinski definition) is 1. The second kappa shape index (κ2) is 7.20. The summed E-state index contributed by atoms with van der Waals surface area (Å²) in [5.74, 6) is -0.264. The second-order valence-electron chi connectivity index (χ2n) is 5.40. The molecule has 0 saturated heterocycles. The summed E-state index contributed by atoms with van der Waals surface area (Å²) in [7, 11) is 0. The van der Waals surface area contributed by atoms with E-state index in [4.69, 9.17) is 16.9 Å². The van der Waals surface area contributed by atoms with Crippen molar-refractivity contribution in [1.29, 1.82) is 5.26 Å². The van der Waals surface area contributed by atoms with E-state index in [1.54, 1.807) is 47.3 Å². The molecule has 0 aliphatic carbocycles. The summed E-state index contributed by atoms with van der Waals surface area (Å²) in [5.41, 5.74) is 3.14. The summed E-state index contributed by atoms with van der Waals surface area (Å²) in [6.07, 6.45) is 2.18. The first kappa shape index (κ1) is 16.7. The van der Waals surface area contributed by atoms with E-state index in [9.17, 15) is 4.79 Å². The van der Waals surface area contributed by atoms with Crippen molar-refractivity contribution in [2.75, 3.05) is 5.32 Å². The normalized spacial score (nSPS) is 10.3. The number of aromatic nitrogens is 2. The van der Waals surface area contributed by atoms with Gasteiger partial charge in [-0.15, -0.1) is 0 Å². The third-order valence-corrected chi connectivity index (χ3v) is 3.99. The molecule has 0 bridgehead atoms. The van der Waals surface area contributed by atoms with Gasteiger partial charge in [0.2, 0.25) is 0 Å². The van der Waals surface area contributed by atoms with E-state index in [2.05, 4.69) is 16.5 Å². The van der Waals surface area contributed by atoms with Crippen LogP contribution in [0.25, 0.3) is 5.69 Å². The highest BCUT2D eigenvalue weighted by Gasteiger charge is 2.17. The first-order chi connectivity index (χ1) is 12.1. The number of hydrogen-bond acceptors (Lipinski definition) is 3. The molecular formula is C19H15ClN4O. The van der Waals surface area contributed by atoms with E-state index >= 15 is 0 Å². The predicted octanol–water partition coefficient (Wildman–Crippen LogP) is 4.21. The molecule has 1 aromatic heterocycles. The molecule has 5 nitrogen and oxygen atoms in total. The number of rotatable bonds is 4. The lowest BCUT2D eigenvalue weighted by atomic mass is 10.1. The summed E-state index contributed by atoms with van der Waals surface area (Å²) in [4.78, 5) is 12.6. The van der Waals surface area contributed by atoms with Gasteiger partial charge in [-0.1, -0.05) is 30.7 Å². The lowest BCUT2D eigenvalue weighted by Crippen LogP contribution is -2.14. The van der Waals surface area contributed by atoms with Crippen molar-refractivity contribution < 1.29 is 4.79 Å². The molecule has 0 saturated carbocycles. The minimum atomic E-state index is -0.264.